The Kier molecular flexibility index (Phi) is 3.93. The normalized spacial score (nSPS) is 12.4. The molecule has 0 radical (unpaired) electrons. The highest BCUT2D eigenvalue weighted by Crippen LogP contribution is 2.27. The second-order valence-corrected chi connectivity index (χ2v) is 5.06. The molecule has 1 unspecified atom stereocenters. The third-order valence-corrected chi connectivity index (χ3v) is 3.42. The number of nitrogens with zero attached hydrogens (tertiary/aromatic N) is 1. The lowest BCUT2D eigenvalue weighted by atomic mass is 10.1. The van der Waals surface area contributed by atoms with E-state index in [1.54, 1.807) is 11.5 Å². The smallest absolute Gasteiger partial charge is 0.302 e. The first-order chi connectivity index (χ1) is 9.41. The number of esters is 1. The molecule has 0 fully saturated rings. The Morgan fingerprint density at radius 3 is 2.50 bits per heavy atom. The van der Waals surface area contributed by atoms with Crippen LogP contribution in [-0.2, 0) is 16.0 Å². The first-order valence-corrected chi connectivity index (χ1v) is 6.69. The molecule has 0 amide bonds. The number of hydrogen-bond acceptors (Lipinski definition) is 3. The van der Waals surface area contributed by atoms with Gasteiger partial charge in [-0.1, -0.05) is 18.2 Å². The zero-order valence-electron chi connectivity index (χ0n) is 12.3. The number of carbonyl (C=O) groups excluding carboxylic acids is 2. The van der Waals surface area contributed by atoms with Gasteiger partial charge in [0.2, 0.25) is 5.91 Å². The van der Waals surface area contributed by atoms with E-state index >= 15 is 0 Å². The number of rotatable bonds is 3. The molecule has 0 aliphatic heterocycles. The molecule has 0 aliphatic carbocycles. The molecule has 20 heavy (non-hydrogen) atoms. The monoisotopic (exact) mass is 273 g/mol. The Morgan fingerprint density at radius 1 is 1.25 bits per heavy atom. The maximum atomic E-state index is 11.8. The Hall–Kier alpha value is -2.10. The van der Waals surface area contributed by atoms with Crippen molar-refractivity contribution in [2.75, 3.05) is 0 Å². The lowest BCUT2D eigenvalue weighted by molar-refractivity contribution is -0.145. The minimum absolute atomic E-state index is 0.00918. The van der Waals surface area contributed by atoms with Crippen molar-refractivity contribution in [3.8, 4) is 0 Å². The van der Waals surface area contributed by atoms with E-state index in [2.05, 4.69) is 0 Å². The number of carbonyl (C=O) groups is 2. The van der Waals surface area contributed by atoms with Crippen LogP contribution in [0.15, 0.2) is 24.3 Å². The van der Waals surface area contributed by atoms with Gasteiger partial charge in [0.25, 0.3) is 0 Å². The Bertz CT molecular complexity index is 670. The number of benzene rings is 1. The number of para-hydroxylation sites is 1. The summed E-state index contributed by atoms with van der Waals surface area (Å²) in [5.74, 6) is -0.296. The first-order valence-electron chi connectivity index (χ1n) is 6.69. The fourth-order valence-electron chi connectivity index (χ4n) is 2.71. The van der Waals surface area contributed by atoms with Crippen molar-refractivity contribution in [1.82, 2.24) is 4.57 Å². The van der Waals surface area contributed by atoms with Crippen LogP contribution in [-0.4, -0.2) is 22.5 Å². The molecule has 1 aromatic heterocycles. The highest BCUT2D eigenvalue weighted by molar-refractivity contribution is 5.95. The van der Waals surface area contributed by atoms with Gasteiger partial charge in [0.1, 0.15) is 6.10 Å². The average molecular weight is 273 g/mol. The molecule has 4 heteroatoms. The standard InChI is InChI=1S/C16H19NO3/c1-10(20-13(4)19)9-15-11(2)17(12(3)18)16-8-6-5-7-14(15)16/h5-8,10H,9H2,1-4H3. The van der Waals surface area contributed by atoms with Gasteiger partial charge in [-0.05, 0) is 25.5 Å². The van der Waals surface area contributed by atoms with Crippen LogP contribution in [0.2, 0.25) is 0 Å². The molecule has 1 atom stereocenters. The predicted octanol–water partition coefficient (Wildman–Crippen LogP) is 3.10. The minimum atomic E-state index is -0.287. The number of ether oxygens (including phenoxy) is 1. The summed E-state index contributed by atoms with van der Waals surface area (Å²) in [4.78, 5) is 22.9. The summed E-state index contributed by atoms with van der Waals surface area (Å²) in [6.45, 7) is 6.75. The van der Waals surface area contributed by atoms with Gasteiger partial charge < -0.3 is 4.74 Å². The van der Waals surface area contributed by atoms with E-state index in [0.717, 1.165) is 22.2 Å². The molecule has 2 aromatic rings. The van der Waals surface area contributed by atoms with Gasteiger partial charge >= 0.3 is 5.97 Å². The van der Waals surface area contributed by atoms with E-state index in [-0.39, 0.29) is 18.0 Å². The van der Waals surface area contributed by atoms with Crippen LogP contribution >= 0.6 is 0 Å². The average Bonchev–Trinajstić information content (AvgIpc) is 2.62. The summed E-state index contributed by atoms with van der Waals surface area (Å²) in [7, 11) is 0. The summed E-state index contributed by atoms with van der Waals surface area (Å²) < 4.78 is 6.91. The second kappa shape index (κ2) is 5.49. The Morgan fingerprint density at radius 2 is 1.90 bits per heavy atom. The van der Waals surface area contributed by atoms with E-state index in [1.807, 2.05) is 38.1 Å². The summed E-state index contributed by atoms with van der Waals surface area (Å²) in [6.07, 6.45) is 0.393. The summed E-state index contributed by atoms with van der Waals surface area (Å²) in [5, 5.41) is 1.04. The van der Waals surface area contributed by atoms with E-state index in [0.29, 0.717) is 6.42 Å². The molecule has 0 spiro atoms. The molecular formula is C16H19NO3. The van der Waals surface area contributed by atoms with Gasteiger partial charge in [0, 0.05) is 31.3 Å². The van der Waals surface area contributed by atoms with Crippen molar-refractivity contribution in [2.24, 2.45) is 0 Å². The van der Waals surface area contributed by atoms with Gasteiger partial charge in [-0.2, -0.15) is 0 Å². The van der Waals surface area contributed by atoms with Crippen molar-refractivity contribution in [3.63, 3.8) is 0 Å². The van der Waals surface area contributed by atoms with E-state index in [9.17, 15) is 9.59 Å². The van der Waals surface area contributed by atoms with Gasteiger partial charge in [-0.3, -0.25) is 14.2 Å². The zero-order valence-corrected chi connectivity index (χ0v) is 12.3. The minimum Gasteiger partial charge on any atom is -0.463 e. The SMILES string of the molecule is CC(=O)OC(C)Cc1c(C)n(C(C)=O)c2ccccc12. The van der Waals surface area contributed by atoms with Crippen molar-refractivity contribution >= 4 is 22.8 Å². The maximum Gasteiger partial charge on any atom is 0.302 e. The van der Waals surface area contributed by atoms with Gasteiger partial charge in [0.05, 0.1) is 5.52 Å². The molecule has 2 rings (SSSR count). The molecule has 0 saturated heterocycles. The summed E-state index contributed by atoms with van der Waals surface area (Å²) in [6, 6.07) is 7.80. The zero-order chi connectivity index (χ0) is 14.9. The van der Waals surface area contributed by atoms with Crippen LogP contribution in [0.4, 0.5) is 0 Å². The van der Waals surface area contributed by atoms with Gasteiger partial charge in [0.15, 0.2) is 0 Å². The molecule has 1 aromatic carbocycles. The quantitative estimate of drug-likeness (QED) is 0.807. The highest BCUT2D eigenvalue weighted by atomic mass is 16.5. The fourth-order valence-corrected chi connectivity index (χ4v) is 2.71. The molecule has 106 valence electrons. The summed E-state index contributed by atoms with van der Waals surface area (Å²) in [5.41, 5.74) is 2.88. The van der Waals surface area contributed by atoms with Crippen molar-refractivity contribution in [3.05, 3.63) is 35.5 Å². The van der Waals surface area contributed by atoms with Crippen molar-refractivity contribution in [1.29, 1.82) is 0 Å². The van der Waals surface area contributed by atoms with Crippen LogP contribution in [0.3, 0.4) is 0 Å². The van der Waals surface area contributed by atoms with Crippen LogP contribution in [0.1, 0.15) is 36.8 Å². The highest BCUT2D eigenvalue weighted by Gasteiger charge is 2.18. The Balaban J connectivity index is 2.50. The third kappa shape index (κ3) is 2.59. The fraction of sp³-hybridized carbons (Fsp3) is 0.375. The Labute approximate surface area is 118 Å². The van der Waals surface area contributed by atoms with Crippen molar-refractivity contribution in [2.45, 2.75) is 40.2 Å². The topological polar surface area (TPSA) is 48.3 Å². The number of aromatic nitrogens is 1. The van der Waals surface area contributed by atoms with E-state index in [1.165, 1.54) is 6.92 Å². The summed E-state index contributed by atoms with van der Waals surface area (Å²) >= 11 is 0. The van der Waals surface area contributed by atoms with Crippen LogP contribution in [0.25, 0.3) is 10.9 Å². The lowest BCUT2D eigenvalue weighted by Gasteiger charge is -2.12. The van der Waals surface area contributed by atoms with Crippen LogP contribution < -0.4 is 0 Å². The lowest BCUT2D eigenvalue weighted by Crippen LogP contribution is -2.16. The molecule has 0 saturated carbocycles. The molecule has 0 N–H and O–H groups in total. The predicted molar refractivity (Wildman–Crippen MR) is 77.9 cm³/mol. The first kappa shape index (κ1) is 14.3. The molecule has 4 nitrogen and oxygen atoms in total. The van der Waals surface area contributed by atoms with Crippen LogP contribution in [0.5, 0.6) is 0 Å². The largest absolute Gasteiger partial charge is 0.463 e. The number of fused-ring (bicyclic) bond motifs is 1. The van der Waals surface area contributed by atoms with E-state index < -0.39 is 0 Å². The molecule has 1 heterocycles. The van der Waals surface area contributed by atoms with Gasteiger partial charge in [-0.25, -0.2) is 0 Å². The van der Waals surface area contributed by atoms with Crippen molar-refractivity contribution < 1.29 is 14.3 Å². The molecular weight excluding hydrogens is 254 g/mol. The molecule has 0 aliphatic rings. The second-order valence-electron chi connectivity index (χ2n) is 5.06. The molecule has 0 bridgehead atoms. The van der Waals surface area contributed by atoms with E-state index in [4.69, 9.17) is 4.74 Å². The maximum absolute atomic E-state index is 11.8. The number of hydrogen-bond donors (Lipinski definition) is 0. The van der Waals surface area contributed by atoms with Gasteiger partial charge in [-0.15, -0.1) is 0 Å². The third-order valence-electron chi connectivity index (χ3n) is 3.42. The van der Waals surface area contributed by atoms with Crippen LogP contribution in [0, 0.1) is 6.92 Å².